The van der Waals surface area contributed by atoms with Crippen molar-refractivity contribution in [3.8, 4) is 11.5 Å². The predicted molar refractivity (Wildman–Crippen MR) is 203 cm³/mol. The Morgan fingerprint density at radius 1 is 0.544 bits per heavy atom. The van der Waals surface area contributed by atoms with Crippen molar-refractivity contribution in [3.05, 3.63) is 118 Å². The Balaban J connectivity index is 0.000000248. The van der Waals surface area contributed by atoms with E-state index in [1.807, 2.05) is 13.8 Å². The van der Waals surface area contributed by atoms with Crippen LogP contribution >= 0.6 is 0 Å². The molecule has 0 aliphatic rings. The van der Waals surface area contributed by atoms with Gasteiger partial charge in [-0.05, 0) is 36.1 Å². The van der Waals surface area contributed by atoms with Crippen LogP contribution in [0.1, 0.15) is 25.0 Å². The molecule has 0 bridgehead atoms. The summed E-state index contributed by atoms with van der Waals surface area (Å²) < 4.78 is 68.9. The Labute approximate surface area is 364 Å². The molecular weight excluding hydrogens is 910 g/mol. The molecule has 0 aliphatic carbocycles. The molecule has 57 heavy (non-hydrogen) atoms. The quantitative estimate of drug-likeness (QED) is 0.0439. The van der Waals surface area contributed by atoms with Crippen molar-refractivity contribution in [3.63, 3.8) is 0 Å². The van der Waals surface area contributed by atoms with E-state index in [1.165, 1.54) is 36.4 Å². The van der Waals surface area contributed by atoms with E-state index < -0.39 is 41.5 Å². The molecule has 288 valence electrons. The normalized spacial score (nSPS) is 11.7. The number of phenolic OH excluding ortho intramolecular Hbond substituents is 2. The van der Waals surface area contributed by atoms with Gasteiger partial charge in [0, 0.05) is 45.8 Å². The van der Waals surface area contributed by atoms with Crippen LogP contribution in [0.3, 0.4) is 0 Å². The van der Waals surface area contributed by atoms with Crippen LogP contribution < -0.4 is 0 Å². The number of nitrogens with zero attached hydrogens (tertiary/aromatic N) is 6. The first-order valence-electron chi connectivity index (χ1n) is 16.3. The molecule has 0 radical (unpaired) electrons. The van der Waals surface area contributed by atoms with Crippen LogP contribution in [0.15, 0.2) is 127 Å². The molecule has 0 atom stereocenters. The fraction of sp³-hybridized carbons (Fsp3) is 0.111. The number of fused-ring (bicyclic) bond motifs is 2. The Hall–Kier alpha value is -5.17. The Morgan fingerprint density at radius 2 is 0.877 bits per heavy atom. The minimum Gasteiger partial charge on any atom is -0.744 e. The van der Waals surface area contributed by atoms with E-state index >= 15 is 0 Å². The molecule has 0 unspecified atom stereocenters. The largest absolute Gasteiger partial charge is 2.00 e. The van der Waals surface area contributed by atoms with Crippen molar-refractivity contribution >= 4 is 125 Å². The van der Waals surface area contributed by atoms with Crippen LogP contribution in [0.2, 0.25) is 0 Å². The molecule has 0 saturated heterocycles. The van der Waals surface area contributed by atoms with Crippen molar-refractivity contribution in [1.29, 1.82) is 0 Å². The van der Waals surface area contributed by atoms with Crippen molar-refractivity contribution in [2.75, 3.05) is 0 Å². The summed E-state index contributed by atoms with van der Waals surface area (Å²) in [5.41, 5.74) is 1.33. The third-order valence-corrected chi connectivity index (χ3v) is 10.0. The molecule has 4 N–H and O–H groups in total. The van der Waals surface area contributed by atoms with Crippen molar-refractivity contribution in [2.45, 2.75) is 36.5 Å². The number of benzene rings is 6. The Kier molecular flexibility index (Phi) is 14.4. The molecule has 0 aliphatic heterocycles. The van der Waals surface area contributed by atoms with Gasteiger partial charge in [-0.15, -0.1) is 20.5 Å². The molecule has 0 amide bonds. The van der Waals surface area contributed by atoms with E-state index in [-0.39, 0.29) is 114 Å². The van der Waals surface area contributed by atoms with E-state index in [9.17, 15) is 56.4 Å². The van der Waals surface area contributed by atoms with Gasteiger partial charge in [0.05, 0.1) is 19.6 Å². The van der Waals surface area contributed by atoms with E-state index in [1.54, 1.807) is 48.5 Å². The van der Waals surface area contributed by atoms with Crippen molar-refractivity contribution in [2.24, 2.45) is 20.5 Å². The Morgan fingerprint density at radius 3 is 1.18 bits per heavy atom. The van der Waals surface area contributed by atoms with Crippen LogP contribution in [0.25, 0.3) is 21.5 Å². The van der Waals surface area contributed by atoms with Crippen molar-refractivity contribution in [1.82, 2.24) is 0 Å². The first-order valence-corrected chi connectivity index (χ1v) is 19.1. The molecule has 0 saturated carbocycles. The summed E-state index contributed by atoms with van der Waals surface area (Å²) >= 11 is 0. The third-order valence-electron chi connectivity index (χ3n) is 8.28. The standard InChI is InChI=1S/2C18H15N3O6S.Ba/c2*1-2-11-7-8-15(21(23)24)14(9-11)19-20-18-13-6-4-3-5-12(13)17(10-16(18)22)28(25,26)27;/h2*3-10H,2H2,1H3,(H2-,19,22,23,24,25,26,27);/q;;+2. The topological polar surface area (TPSA) is 285 Å². The van der Waals surface area contributed by atoms with Crippen LogP contribution in [0.5, 0.6) is 11.5 Å². The van der Waals surface area contributed by atoms with E-state index in [2.05, 4.69) is 20.5 Å². The zero-order valence-electron chi connectivity index (χ0n) is 29.9. The maximum atomic E-state index is 11.5. The molecule has 0 spiro atoms. The Bertz CT molecular complexity index is 2640. The average molecular weight is 940 g/mol. The second-order valence-corrected chi connectivity index (χ2v) is 14.5. The van der Waals surface area contributed by atoms with E-state index in [0.29, 0.717) is 12.8 Å². The number of phenols is 2. The van der Waals surface area contributed by atoms with Gasteiger partial charge in [0.15, 0.2) is 11.4 Å². The SMILES string of the molecule is CCc1ccc([N+](=O)O)c(N=Nc2c(O)cc(S(=O)(=O)[O-])c3ccccc23)c1.CCc1ccc([N+](=O)O)c(N=Nc2c(O)cc(S(=O)(=O)[O-])c3ccccc23)c1.[Ba+2]. The summed E-state index contributed by atoms with van der Waals surface area (Å²) in [6, 6.07) is 22.8. The molecule has 18 nitrogen and oxygen atoms in total. The molecule has 6 rings (SSSR count). The summed E-state index contributed by atoms with van der Waals surface area (Å²) in [4.78, 5) is 20.8. The number of rotatable bonds is 10. The second kappa shape index (κ2) is 18.4. The van der Waals surface area contributed by atoms with Gasteiger partial charge in [-0.3, -0.25) is 0 Å². The van der Waals surface area contributed by atoms with Gasteiger partial charge in [-0.2, -0.15) is 0 Å². The maximum absolute atomic E-state index is 11.5. The monoisotopic (exact) mass is 940 g/mol. The summed E-state index contributed by atoms with van der Waals surface area (Å²) in [7, 11) is -9.65. The minimum absolute atomic E-state index is 0. The number of azo groups is 2. The maximum Gasteiger partial charge on any atom is 2.00 e. The van der Waals surface area contributed by atoms with Crippen LogP contribution in [-0.2, 0) is 33.1 Å². The first kappa shape index (κ1) is 44.5. The van der Waals surface area contributed by atoms with Crippen molar-refractivity contribution < 1.29 is 56.4 Å². The summed E-state index contributed by atoms with van der Waals surface area (Å²) in [5, 5.41) is 55.3. The fourth-order valence-electron chi connectivity index (χ4n) is 5.52. The van der Waals surface area contributed by atoms with Crippen LogP contribution in [0.4, 0.5) is 34.1 Å². The number of hydrogen-bond donors (Lipinski definition) is 4. The molecule has 21 heteroatoms. The molecule has 6 aromatic carbocycles. The molecule has 0 fully saturated rings. The smallest absolute Gasteiger partial charge is 0.744 e. The van der Waals surface area contributed by atoms with Gasteiger partial charge >= 0.3 is 60.3 Å². The van der Waals surface area contributed by atoms with Gasteiger partial charge in [0.25, 0.3) is 9.85 Å². The zero-order valence-corrected chi connectivity index (χ0v) is 36.0. The van der Waals surface area contributed by atoms with Crippen LogP contribution in [-0.4, -0.2) is 105 Å². The van der Waals surface area contributed by atoms with Gasteiger partial charge in [0.2, 0.25) is 0 Å². The van der Waals surface area contributed by atoms with E-state index in [4.69, 9.17) is 0 Å². The third kappa shape index (κ3) is 10.2. The van der Waals surface area contributed by atoms with Gasteiger partial charge in [0.1, 0.15) is 43.1 Å². The number of aromatic hydroxyl groups is 2. The summed E-state index contributed by atoms with van der Waals surface area (Å²) in [6.45, 7) is 3.79. The van der Waals surface area contributed by atoms with Gasteiger partial charge < -0.3 is 19.3 Å². The first-order chi connectivity index (χ1) is 26.4. The van der Waals surface area contributed by atoms with Gasteiger partial charge in [-0.1, -0.05) is 74.5 Å². The average Bonchev–Trinajstić information content (AvgIpc) is 3.15. The molecule has 0 aromatic heterocycles. The predicted octanol–water partition coefficient (Wildman–Crippen LogP) is 8.07. The molecule has 0 heterocycles. The summed E-state index contributed by atoms with van der Waals surface area (Å²) in [6.07, 6.45) is 1.30. The summed E-state index contributed by atoms with van der Waals surface area (Å²) in [5.74, 6) is -1.12. The fourth-order valence-corrected chi connectivity index (χ4v) is 6.93. The van der Waals surface area contributed by atoms with E-state index in [0.717, 1.165) is 23.3 Å². The van der Waals surface area contributed by atoms with Crippen LogP contribution in [0, 0.1) is 9.81 Å². The number of hydrogen-bond acceptors (Lipinski definition) is 14. The molecular formula is C36H30BaN6O12S2+2. The van der Waals surface area contributed by atoms with Gasteiger partial charge in [-0.25, -0.2) is 27.3 Å². The second-order valence-electron chi connectivity index (χ2n) is 11.8. The molecule has 6 aromatic rings. The number of aryl methyl sites for hydroxylation is 2. The minimum atomic E-state index is -4.83. The zero-order chi connectivity index (χ0) is 40.9.